The number of nitrogens with zero attached hydrogens (tertiary/aromatic N) is 1. The van der Waals surface area contributed by atoms with Crippen LogP contribution in [0.4, 0.5) is 0 Å². The zero-order chi connectivity index (χ0) is 12.8. The zero-order valence-corrected chi connectivity index (χ0v) is 10.6. The molecule has 18 heavy (non-hydrogen) atoms. The number of benzene rings is 1. The Morgan fingerprint density at radius 3 is 3.06 bits per heavy atom. The Labute approximate surface area is 109 Å². The third-order valence-electron chi connectivity index (χ3n) is 2.01. The number of aromatic nitrogens is 1. The average Bonchev–Trinajstić information content (AvgIpc) is 2.75. The van der Waals surface area contributed by atoms with Gasteiger partial charge in [0.1, 0.15) is 5.52 Å². The number of esters is 1. The molecule has 0 fully saturated rings. The summed E-state index contributed by atoms with van der Waals surface area (Å²) in [7, 11) is 0. The summed E-state index contributed by atoms with van der Waals surface area (Å²) in [6, 6.07) is 7.59. The molecular formula is C13H11NO3S. The van der Waals surface area contributed by atoms with Crippen molar-refractivity contribution in [2.45, 2.75) is 12.1 Å². The van der Waals surface area contributed by atoms with E-state index in [-0.39, 0.29) is 12.6 Å². The lowest BCUT2D eigenvalue weighted by Gasteiger charge is -1.91. The highest BCUT2D eigenvalue weighted by molar-refractivity contribution is 7.99. The van der Waals surface area contributed by atoms with Gasteiger partial charge in [-0.1, -0.05) is 35.7 Å². The van der Waals surface area contributed by atoms with Gasteiger partial charge >= 0.3 is 5.97 Å². The van der Waals surface area contributed by atoms with Crippen molar-refractivity contribution in [3.63, 3.8) is 0 Å². The van der Waals surface area contributed by atoms with Crippen LogP contribution >= 0.6 is 11.8 Å². The minimum Gasteiger partial charge on any atom is -0.453 e. The van der Waals surface area contributed by atoms with Crippen molar-refractivity contribution in [1.82, 2.24) is 4.98 Å². The lowest BCUT2D eigenvalue weighted by atomic mass is 10.3. The monoisotopic (exact) mass is 261 g/mol. The molecule has 0 radical (unpaired) electrons. The minimum absolute atomic E-state index is 0.128. The van der Waals surface area contributed by atoms with Crippen molar-refractivity contribution < 1.29 is 13.9 Å². The molecule has 0 N–H and O–H groups in total. The first-order chi connectivity index (χ1) is 8.75. The highest BCUT2D eigenvalue weighted by Crippen LogP contribution is 2.22. The molecule has 0 saturated carbocycles. The molecule has 0 bridgehead atoms. The number of para-hydroxylation sites is 2. The van der Waals surface area contributed by atoms with Crippen LogP contribution in [0.1, 0.15) is 6.92 Å². The largest absolute Gasteiger partial charge is 0.453 e. The van der Waals surface area contributed by atoms with E-state index in [1.54, 1.807) is 0 Å². The lowest BCUT2D eigenvalue weighted by Crippen LogP contribution is -1.97. The lowest BCUT2D eigenvalue weighted by molar-refractivity contribution is -0.139. The second kappa shape index (κ2) is 6.12. The van der Waals surface area contributed by atoms with Crippen LogP contribution in [0.5, 0.6) is 0 Å². The van der Waals surface area contributed by atoms with Crippen LogP contribution in [0.15, 0.2) is 33.9 Å². The molecule has 1 aromatic heterocycles. The van der Waals surface area contributed by atoms with Crippen LogP contribution in [0.3, 0.4) is 0 Å². The van der Waals surface area contributed by atoms with Crippen LogP contribution in [0.25, 0.3) is 11.1 Å². The first kappa shape index (κ1) is 12.5. The Morgan fingerprint density at radius 1 is 1.44 bits per heavy atom. The van der Waals surface area contributed by atoms with Gasteiger partial charge < -0.3 is 9.15 Å². The smallest absolute Gasteiger partial charge is 0.303 e. The van der Waals surface area contributed by atoms with Crippen molar-refractivity contribution in [2.24, 2.45) is 0 Å². The summed E-state index contributed by atoms with van der Waals surface area (Å²) in [5, 5.41) is 0.595. The fraction of sp³-hybridized carbons (Fsp3) is 0.231. The van der Waals surface area contributed by atoms with E-state index < -0.39 is 0 Å². The van der Waals surface area contributed by atoms with Gasteiger partial charge in [-0.25, -0.2) is 4.98 Å². The van der Waals surface area contributed by atoms with Crippen molar-refractivity contribution in [3.05, 3.63) is 24.3 Å². The number of fused-ring (bicyclic) bond motifs is 1. The summed E-state index contributed by atoms with van der Waals surface area (Å²) in [6.07, 6.45) is 0. The van der Waals surface area contributed by atoms with Gasteiger partial charge in [-0.15, -0.1) is 0 Å². The third-order valence-corrected chi connectivity index (χ3v) is 2.72. The standard InChI is InChI=1S/C13H11NO3S/c1-10(15)16-8-4-5-9-18-13-14-11-6-2-3-7-12(11)17-13/h2-3,6-7H,8-9H2,1H3. The molecule has 0 aliphatic rings. The predicted octanol–water partition coefficient (Wildman–Crippen LogP) is 2.49. The fourth-order valence-electron chi connectivity index (χ4n) is 1.25. The van der Waals surface area contributed by atoms with Gasteiger partial charge in [0.25, 0.3) is 5.22 Å². The number of hydrogen-bond acceptors (Lipinski definition) is 5. The molecule has 1 aromatic carbocycles. The molecule has 2 rings (SSSR count). The van der Waals surface area contributed by atoms with E-state index in [1.165, 1.54) is 18.7 Å². The summed E-state index contributed by atoms with van der Waals surface area (Å²) < 4.78 is 10.2. The Balaban J connectivity index is 1.85. The molecule has 0 atom stereocenters. The van der Waals surface area contributed by atoms with Crippen molar-refractivity contribution in [2.75, 3.05) is 12.4 Å². The summed E-state index contributed by atoms with van der Waals surface area (Å²) in [5.74, 6) is 5.83. The summed E-state index contributed by atoms with van der Waals surface area (Å²) in [6.45, 7) is 1.48. The molecule has 92 valence electrons. The van der Waals surface area contributed by atoms with Crippen molar-refractivity contribution >= 4 is 28.8 Å². The van der Waals surface area contributed by atoms with E-state index in [0.717, 1.165) is 11.1 Å². The number of carbonyl (C=O) groups excluding carboxylic acids is 1. The fourth-order valence-corrected chi connectivity index (χ4v) is 1.86. The van der Waals surface area contributed by atoms with Gasteiger partial charge in [0.05, 0.1) is 5.75 Å². The maximum Gasteiger partial charge on any atom is 0.303 e. The Bertz CT molecular complexity index is 576. The molecule has 5 heteroatoms. The molecule has 2 aromatic rings. The van der Waals surface area contributed by atoms with Gasteiger partial charge in [0.15, 0.2) is 12.2 Å². The summed E-state index contributed by atoms with van der Waals surface area (Å²) in [5.41, 5.74) is 1.61. The Hall–Kier alpha value is -1.93. The normalized spacial score (nSPS) is 9.83. The highest BCUT2D eigenvalue weighted by atomic mass is 32.2. The Kier molecular flexibility index (Phi) is 4.26. The summed E-state index contributed by atoms with van der Waals surface area (Å²) >= 11 is 1.41. The number of oxazole rings is 1. The van der Waals surface area contributed by atoms with Crippen molar-refractivity contribution in [1.29, 1.82) is 0 Å². The van der Waals surface area contributed by atoms with Gasteiger partial charge in [-0.05, 0) is 12.1 Å². The van der Waals surface area contributed by atoms with Gasteiger partial charge in [-0.2, -0.15) is 0 Å². The maximum absolute atomic E-state index is 10.5. The van der Waals surface area contributed by atoms with Crippen LogP contribution in [0, 0.1) is 11.8 Å². The first-order valence-electron chi connectivity index (χ1n) is 5.33. The van der Waals surface area contributed by atoms with E-state index in [0.29, 0.717) is 11.0 Å². The molecule has 0 unspecified atom stereocenters. The molecule has 0 aliphatic carbocycles. The number of hydrogen-bond donors (Lipinski definition) is 0. The van der Waals surface area contributed by atoms with E-state index >= 15 is 0 Å². The minimum atomic E-state index is -0.323. The number of thioether (sulfide) groups is 1. The number of ether oxygens (including phenoxy) is 1. The molecule has 4 nitrogen and oxygen atoms in total. The second-order valence-corrected chi connectivity index (χ2v) is 4.30. The molecule has 0 spiro atoms. The van der Waals surface area contributed by atoms with E-state index in [9.17, 15) is 4.79 Å². The maximum atomic E-state index is 10.5. The average molecular weight is 261 g/mol. The van der Waals surface area contributed by atoms with Gasteiger partial charge in [0, 0.05) is 6.92 Å². The van der Waals surface area contributed by atoms with Crippen LogP contribution in [-0.4, -0.2) is 23.3 Å². The number of rotatable bonds is 3. The van der Waals surface area contributed by atoms with E-state index in [4.69, 9.17) is 4.42 Å². The highest BCUT2D eigenvalue weighted by Gasteiger charge is 2.03. The van der Waals surface area contributed by atoms with E-state index in [1.807, 2.05) is 24.3 Å². The second-order valence-electron chi connectivity index (χ2n) is 3.37. The topological polar surface area (TPSA) is 52.3 Å². The summed E-state index contributed by atoms with van der Waals surface area (Å²) in [4.78, 5) is 14.8. The van der Waals surface area contributed by atoms with Gasteiger partial charge in [-0.3, -0.25) is 4.79 Å². The predicted molar refractivity (Wildman–Crippen MR) is 69.1 cm³/mol. The van der Waals surface area contributed by atoms with Crippen LogP contribution < -0.4 is 0 Å². The SMILES string of the molecule is CC(=O)OCC#CCSc1nc2ccccc2o1. The zero-order valence-electron chi connectivity index (χ0n) is 9.80. The molecule has 1 heterocycles. The van der Waals surface area contributed by atoms with Crippen molar-refractivity contribution in [3.8, 4) is 11.8 Å². The van der Waals surface area contributed by atoms with Crippen LogP contribution in [-0.2, 0) is 9.53 Å². The van der Waals surface area contributed by atoms with Crippen LogP contribution in [0.2, 0.25) is 0 Å². The van der Waals surface area contributed by atoms with Gasteiger partial charge in [0.2, 0.25) is 0 Å². The quantitative estimate of drug-likeness (QED) is 0.482. The Morgan fingerprint density at radius 2 is 2.28 bits per heavy atom. The third kappa shape index (κ3) is 3.54. The molecule has 0 amide bonds. The molecular weight excluding hydrogens is 250 g/mol. The number of carbonyl (C=O) groups is 1. The van der Waals surface area contributed by atoms with E-state index in [2.05, 4.69) is 21.6 Å². The molecule has 0 saturated heterocycles. The first-order valence-corrected chi connectivity index (χ1v) is 6.32. The molecule has 0 aliphatic heterocycles.